The highest BCUT2D eigenvalue weighted by Crippen LogP contribution is 2.13. The van der Waals surface area contributed by atoms with Gasteiger partial charge in [0, 0.05) is 11.8 Å². The van der Waals surface area contributed by atoms with Gasteiger partial charge in [-0.2, -0.15) is 11.8 Å². The molecule has 1 fully saturated rings. The summed E-state index contributed by atoms with van der Waals surface area (Å²) in [5.74, 6) is 3.44. The number of hydrogen-bond donors (Lipinski definition) is 1. The third-order valence-electron chi connectivity index (χ3n) is 1.97. The second kappa shape index (κ2) is 4.24. The highest BCUT2D eigenvalue weighted by atomic mass is 32.2. The van der Waals surface area contributed by atoms with Crippen molar-refractivity contribution in [2.24, 2.45) is 5.92 Å². The molecule has 2 heteroatoms. The van der Waals surface area contributed by atoms with E-state index in [2.05, 4.69) is 30.9 Å². The zero-order valence-corrected chi connectivity index (χ0v) is 7.71. The van der Waals surface area contributed by atoms with Gasteiger partial charge < -0.3 is 5.32 Å². The molecule has 1 heterocycles. The van der Waals surface area contributed by atoms with Gasteiger partial charge in [-0.25, -0.2) is 0 Å². The largest absolute Gasteiger partial charge is 0.313 e. The third kappa shape index (κ3) is 2.51. The molecule has 1 nitrogen and oxygen atoms in total. The van der Waals surface area contributed by atoms with Crippen molar-refractivity contribution in [3.63, 3.8) is 0 Å². The van der Waals surface area contributed by atoms with E-state index in [0.717, 1.165) is 12.0 Å². The maximum atomic E-state index is 3.56. The number of thioether (sulfide) groups is 1. The standard InChI is InChI=1S/C8H17NS/c1-7(2)8-6-10-5-3-4-9-8/h7-9H,3-6H2,1-2H3. The van der Waals surface area contributed by atoms with Crippen LogP contribution in [-0.4, -0.2) is 24.1 Å². The van der Waals surface area contributed by atoms with Crippen LogP contribution in [0.5, 0.6) is 0 Å². The van der Waals surface area contributed by atoms with Gasteiger partial charge in [0.05, 0.1) is 0 Å². The molecule has 1 aliphatic rings. The third-order valence-corrected chi connectivity index (χ3v) is 3.15. The molecule has 0 aromatic heterocycles. The van der Waals surface area contributed by atoms with Crippen molar-refractivity contribution in [2.45, 2.75) is 26.3 Å². The number of hydrogen-bond acceptors (Lipinski definition) is 2. The molecule has 10 heavy (non-hydrogen) atoms. The summed E-state index contributed by atoms with van der Waals surface area (Å²) in [6, 6.07) is 0.757. The summed E-state index contributed by atoms with van der Waals surface area (Å²) in [7, 11) is 0. The van der Waals surface area contributed by atoms with E-state index in [-0.39, 0.29) is 0 Å². The summed E-state index contributed by atoms with van der Waals surface area (Å²) in [6.07, 6.45) is 1.34. The molecule has 0 aromatic carbocycles. The normalized spacial score (nSPS) is 28.5. The first-order valence-electron chi connectivity index (χ1n) is 4.12. The van der Waals surface area contributed by atoms with Crippen LogP contribution in [0, 0.1) is 5.92 Å². The van der Waals surface area contributed by atoms with E-state index in [1.165, 1.54) is 24.5 Å². The summed E-state index contributed by atoms with van der Waals surface area (Å²) in [6.45, 7) is 5.81. The van der Waals surface area contributed by atoms with Gasteiger partial charge in [0.2, 0.25) is 0 Å². The van der Waals surface area contributed by atoms with Crippen LogP contribution in [0.4, 0.5) is 0 Å². The second-order valence-electron chi connectivity index (χ2n) is 3.23. The van der Waals surface area contributed by atoms with E-state index in [9.17, 15) is 0 Å². The van der Waals surface area contributed by atoms with Gasteiger partial charge in [0.25, 0.3) is 0 Å². The van der Waals surface area contributed by atoms with Gasteiger partial charge in [-0.05, 0) is 24.6 Å². The van der Waals surface area contributed by atoms with Gasteiger partial charge in [-0.1, -0.05) is 13.8 Å². The first kappa shape index (κ1) is 8.41. The van der Waals surface area contributed by atoms with Crippen LogP contribution in [0.15, 0.2) is 0 Å². The lowest BCUT2D eigenvalue weighted by molar-refractivity contribution is 0.439. The smallest absolute Gasteiger partial charge is 0.0181 e. The van der Waals surface area contributed by atoms with E-state index < -0.39 is 0 Å². The van der Waals surface area contributed by atoms with Crippen molar-refractivity contribution in [1.82, 2.24) is 5.32 Å². The molecule has 0 spiro atoms. The fourth-order valence-electron chi connectivity index (χ4n) is 1.16. The van der Waals surface area contributed by atoms with E-state index in [0.29, 0.717) is 0 Å². The van der Waals surface area contributed by atoms with Gasteiger partial charge in [0.1, 0.15) is 0 Å². The molecule has 0 bridgehead atoms. The molecule has 0 saturated carbocycles. The Morgan fingerprint density at radius 3 is 3.00 bits per heavy atom. The van der Waals surface area contributed by atoms with Crippen LogP contribution in [0.2, 0.25) is 0 Å². The topological polar surface area (TPSA) is 12.0 Å². The van der Waals surface area contributed by atoms with Crippen molar-refractivity contribution >= 4 is 11.8 Å². The number of rotatable bonds is 1. The van der Waals surface area contributed by atoms with E-state index in [1.54, 1.807) is 0 Å². The summed E-state index contributed by atoms with van der Waals surface area (Å²) >= 11 is 2.09. The molecule has 0 radical (unpaired) electrons. The first-order valence-corrected chi connectivity index (χ1v) is 5.27. The van der Waals surface area contributed by atoms with Crippen LogP contribution in [-0.2, 0) is 0 Å². The lowest BCUT2D eigenvalue weighted by atomic mass is 10.1. The molecule has 0 amide bonds. The van der Waals surface area contributed by atoms with Gasteiger partial charge >= 0.3 is 0 Å². The van der Waals surface area contributed by atoms with Crippen LogP contribution in [0.1, 0.15) is 20.3 Å². The second-order valence-corrected chi connectivity index (χ2v) is 4.38. The average Bonchev–Trinajstić information content (AvgIpc) is 2.12. The van der Waals surface area contributed by atoms with Crippen molar-refractivity contribution in [2.75, 3.05) is 18.1 Å². The molecule has 1 aliphatic heterocycles. The Morgan fingerprint density at radius 1 is 1.50 bits per heavy atom. The van der Waals surface area contributed by atoms with E-state index >= 15 is 0 Å². The molecule has 60 valence electrons. The van der Waals surface area contributed by atoms with E-state index in [4.69, 9.17) is 0 Å². The molecular weight excluding hydrogens is 142 g/mol. The maximum Gasteiger partial charge on any atom is 0.0181 e. The molecule has 0 aliphatic carbocycles. The van der Waals surface area contributed by atoms with Crippen LogP contribution >= 0.6 is 11.8 Å². The number of nitrogens with one attached hydrogen (secondary N) is 1. The predicted octanol–water partition coefficient (Wildman–Crippen LogP) is 1.74. The van der Waals surface area contributed by atoms with Crippen molar-refractivity contribution in [3.8, 4) is 0 Å². The van der Waals surface area contributed by atoms with Crippen LogP contribution < -0.4 is 5.32 Å². The van der Waals surface area contributed by atoms with Gasteiger partial charge in [-0.15, -0.1) is 0 Å². The highest BCUT2D eigenvalue weighted by molar-refractivity contribution is 7.99. The van der Waals surface area contributed by atoms with E-state index in [1.807, 2.05) is 0 Å². The van der Waals surface area contributed by atoms with Gasteiger partial charge in [0.15, 0.2) is 0 Å². The zero-order valence-electron chi connectivity index (χ0n) is 6.89. The Hall–Kier alpha value is 0.310. The Kier molecular flexibility index (Phi) is 3.57. The Labute approximate surface area is 68.0 Å². The minimum absolute atomic E-state index is 0.757. The Bertz CT molecular complexity index is 85.3. The Balaban J connectivity index is 2.28. The molecule has 1 unspecified atom stereocenters. The fourth-order valence-corrected chi connectivity index (χ4v) is 2.43. The Morgan fingerprint density at radius 2 is 2.30 bits per heavy atom. The van der Waals surface area contributed by atoms with Crippen molar-refractivity contribution in [3.05, 3.63) is 0 Å². The van der Waals surface area contributed by atoms with Crippen molar-refractivity contribution in [1.29, 1.82) is 0 Å². The summed E-state index contributed by atoms with van der Waals surface area (Å²) < 4.78 is 0. The van der Waals surface area contributed by atoms with Crippen molar-refractivity contribution < 1.29 is 0 Å². The summed E-state index contributed by atoms with van der Waals surface area (Å²) in [5, 5.41) is 3.56. The first-order chi connectivity index (χ1) is 4.80. The average molecular weight is 159 g/mol. The minimum Gasteiger partial charge on any atom is -0.313 e. The molecule has 1 N–H and O–H groups in total. The summed E-state index contributed by atoms with van der Waals surface area (Å²) in [4.78, 5) is 0. The minimum atomic E-state index is 0.757. The molecular formula is C8H17NS. The maximum absolute atomic E-state index is 3.56. The molecule has 1 saturated heterocycles. The zero-order chi connectivity index (χ0) is 7.40. The van der Waals surface area contributed by atoms with Crippen LogP contribution in [0.25, 0.3) is 0 Å². The lowest BCUT2D eigenvalue weighted by Gasteiger charge is -2.18. The SMILES string of the molecule is CC(C)C1CSCCCN1. The monoisotopic (exact) mass is 159 g/mol. The lowest BCUT2D eigenvalue weighted by Crippen LogP contribution is -2.35. The molecule has 1 rings (SSSR count). The fraction of sp³-hybridized carbons (Fsp3) is 1.00. The highest BCUT2D eigenvalue weighted by Gasteiger charge is 2.14. The molecule has 0 aromatic rings. The predicted molar refractivity (Wildman–Crippen MR) is 48.6 cm³/mol. The molecule has 1 atom stereocenters. The van der Waals surface area contributed by atoms with Crippen LogP contribution in [0.3, 0.4) is 0 Å². The van der Waals surface area contributed by atoms with Gasteiger partial charge in [-0.3, -0.25) is 0 Å². The summed E-state index contributed by atoms with van der Waals surface area (Å²) in [5.41, 5.74) is 0. The quantitative estimate of drug-likeness (QED) is 0.625.